The van der Waals surface area contributed by atoms with E-state index in [-0.39, 0.29) is 17.8 Å². The third kappa shape index (κ3) is 4.44. The molecule has 1 aliphatic rings. The molecule has 2 aromatic carbocycles. The highest BCUT2D eigenvalue weighted by Gasteiger charge is 2.24. The summed E-state index contributed by atoms with van der Waals surface area (Å²) in [6.07, 6.45) is 2.96. The molecule has 6 nitrogen and oxygen atoms in total. The maximum Gasteiger partial charge on any atom is 0.409 e. The van der Waals surface area contributed by atoms with Crippen LogP contribution in [0, 0.1) is 0 Å². The zero-order chi connectivity index (χ0) is 21.1. The van der Waals surface area contributed by atoms with Crippen LogP contribution >= 0.6 is 11.6 Å². The van der Waals surface area contributed by atoms with Gasteiger partial charge in [0.2, 0.25) is 0 Å². The van der Waals surface area contributed by atoms with E-state index in [1.54, 1.807) is 9.47 Å². The van der Waals surface area contributed by atoms with Gasteiger partial charge in [0.25, 0.3) is 5.56 Å². The lowest BCUT2D eigenvalue weighted by Crippen LogP contribution is -2.41. The fraction of sp³-hybridized carbons (Fsp3) is 0.304. The molecule has 1 aromatic heterocycles. The summed E-state index contributed by atoms with van der Waals surface area (Å²) in [7, 11) is 1.39. The zero-order valence-electron chi connectivity index (χ0n) is 16.7. The second kappa shape index (κ2) is 8.79. The quantitative estimate of drug-likeness (QED) is 0.623. The van der Waals surface area contributed by atoms with Gasteiger partial charge in [0.15, 0.2) is 0 Å². The highest BCUT2D eigenvalue weighted by molar-refractivity contribution is 6.30. The first-order valence-electron chi connectivity index (χ1n) is 9.90. The Morgan fingerprint density at radius 3 is 2.53 bits per heavy atom. The molecule has 0 radical (unpaired) electrons. The first-order chi connectivity index (χ1) is 14.5. The predicted octanol–water partition coefficient (Wildman–Crippen LogP) is 4.31. The summed E-state index contributed by atoms with van der Waals surface area (Å²) in [5.41, 5.74) is 0.944. The molecule has 0 saturated carbocycles. The van der Waals surface area contributed by atoms with Crippen molar-refractivity contribution in [3.63, 3.8) is 0 Å². The number of benzene rings is 2. The fourth-order valence-electron chi connectivity index (χ4n) is 3.72. The van der Waals surface area contributed by atoms with Crippen molar-refractivity contribution >= 4 is 28.5 Å². The topological polar surface area (TPSA) is 60.8 Å². The van der Waals surface area contributed by atoms with Gasteiger partial charge in [-0.05, 0) is 41.3 Å². The van der Waals surface area contributed by atoms with Gasteiger partial charge in [-0.3, -0.25) is 4.79 Å². The first-order valence-corrected chi connectivity index (χ1v) is 10.3. The molecule has 1 fully saturated rings. The third-order valence-corrected chi connectivity index (χ3v) is 5.65. The second-order valence-corrected chi connectivity index (χ2v) is 7.84. The first kappa shape index (κ1) is 20.3. The zero-order valence-corrected chi connectivity index (χ0v) is 17.5. The van der Waals surface area contributed by atoms with Gasteiger partial charge in [-0.1, -0.05) is 29.8 Å². The number of amides is 1. The molecule has 0 unspecified atom stereocenters. The number of likely N-dealkylation sites (tertiary alicyclic amines) is 1. The number of hydrogen-bond donors (Lipinski definition) is 0. The molecule has 3 aromatic rings. The van der Waals surface area contributed by atoms with E-state index >= 15 is 0 Å². The lowest BCUT2D eigenvalue weighted by Gasteiger charge is -2.31. The van der Waals surface area contributed by atoms with Gasteiger partial charge in [-0.2, -0.15) is 0 Å². The van der Waals surface area contributed by atoms with Gasteiger partial charge < -0.3 is 18.9 Å². The Bertz CT molecular complexity index is 1100. The summed E-state index contributed by atoms with van der Waals surface area (Å²) < 4.78 is 12.6. The van der Waals surface area contributed by atoms with Gasteiger partial charge >= 0.3 is 6.09 Å². The van der Waals surface area contributed by atoms with Crippen LogP contribution in [0.5, 0.6) is 5.75 Å². The van der Waals surface area contributed by atoms with E-state index in [1.165, 1.54) is 7.11 Å². The number of fused-ring (bicyclic) bond motifs is 1. The SMILES string of the molecule is COC(=O)N1CCC(Oc2ccc3ccn(Cc4ccc(Cl)cc4)c(=O)c3c2)CC1. The Morgan fingerprint density at radius 2 is 1.83 bits per heavy atom. The van der Waals surface area contributed by atoms with Gasteiger partial charge in [0, 0.05) is 37.2 Å². The molecule has 156 valence electrons. The standard InChI is InChI=1S/C23H23ClN2O4/c1-29-23(28)25-12-9-19(10-13-25)30-20-7-4-17-8-11-26(22(27)21(17)14-20)15-16-2-5-18(24)6-3-16/h2-8,11,14,19H,9-10,12-13,15H2,1H3. The molecular weight excluding hydrogens is 404 g/mol. The van der Waals surface area contributed by atoms with Crippen LogP contribution in [0.1, 0.15) is 18.4 Å². The Labute approximate surface area is 179 Å². The van der Waals surface area contributed by atoms with Crippen molar-refractivity contribution in [2.45, 2.75) is 25.5 Å². The summed E-state index contributed by atoms with van der Waals surface area (Å²) in [6.45, 7) is 1.67. The number of nitrogens with zero attached hydrogens (tertiary/aromatic N) is 2. The largest absolute Gasteiger partial charge is 0.490 e. The predicted molar refractivity (Wildman–Crippen MR) is 116 cm³/mol. The minimum atomic E-state index is -0.305. The average Bonchev–Trinajstić information content (AvgIpc) is 2.77. The molecule has 0 atom stereocenters. The summed E-state index contributed by atoms with van der Waals surface area (Å²) in [5, 5.41) is 2.17. The molecule has 1 saturated heterocycles. The average molecular weight is 427 g/mol. The fourth-order valence-corrected chi connectivity index (χ4v) is 3.85. The van der Waals surface area contributed by atoms with Crippen LogP contribution in [0.3, 0.4) is 0 Å². The third-order valence-electron chi connectivity index (χ3n) is 5.39. The van der Waals surface area contributed by atoms with E-state index in [4.69, 9.17) is 21.1 Å². The smallest absolute Gasteiger partial charge is 0.409 e. The van der Waals surface area contributed by atoms with E-state index in [0.717, 1.165) is 23.8 Å². The Kier molecular flexibility index (Phi) is 5.95. The van der Waals surface area contributed by atoms with E-state index in [2.05, 4.69) is 0 Å². The van der Waals surface area contributed by atoms with Crippen molar-refractivity contribution in [3.8, 4) is 5.75 Å². The molecule has 4 rings (SSSR count). The van der Waals surface area contributed by atoms with Gasteiger partial charge in [-0.25, -0.2) is 4.79 Å². The Balaban J connectivity index is 1.50. The Hall–Kier alpha value is -2.99. The van der Waals surface area contributed by atoms with Crippen LogP contribution in [-0.2, 0) is 11.3 Å². The number of ether oxygens (including phenoxy) is 2. The molecule has 1 amide bonds. The van der Waals surface area contributed by atoms with Crippen molar-refractivity contribution < 1.29 is 14.3 Å². The monoisotopic (exact) mass is 426 g/mol. The van der Waals surface area contributed by atoms with Crippen molar-refractivity contribution in [2.24, 2.45) is 0 Å². The van der Waals surface area contributed by atoms with Crippen LogP contribution in [-0.4, -0.2) is 41.9 Å². The van der Waals surface area contributed by atoms with E-state index < -0.39 is 0 Å². The highest BCUT2D eigenvalue weighted by atomic mass is 35.5. The van der Waals surface area contributed by atoms with Crippen molar-refractivity contribution in [3.05, 3.63) is 75.7 Å². The molecule has 0 spiro atoms. The van der Waals surface area contributed by atoms with Crippen molar-refractivity contribution in [2.75, 3.05) is 20.2 Å². The molecule has 0 N–H and O–H groups in total. The highest BCUT2D eigenvalue weighted by Crippen LogP contribution is 2.23. The van der Waals surface area contributed by atoms with Gasteiger partial charge in [0.1, 0.15) is 11.9 Å². The summed E-state index contributed by atoms with van der Waals surface area (Å²) in [4.78, 5) is 26.3. The minimum absolute atomic E-state index is 0.00311. The molecule has 7 heteroatoms. The maximum atomic E-state index is 13.0. The number of carbonyl (C=O) groups excluding carboxylic acids is 1. The van der Waals surface area contributed by atoms with Crippen molar-refractivity contribution in [1.29, 1.82) is 0 Å². The number of rotatable bonds is 4. The second-order valence-electron chi connectivity index (χ2n) is 7.40. The van der Waals surface area contributed by atoms with Crippen LogP contribution in [0.15, 0.2) is 59.5 Å². The minimum Gasteiger partial charge on any atom is -0.490 e. The summed E-state index contributed by atoms with van der Waals surface area (Å²) >= 11 is 5.94. The van der Waals surface area contributed by atoms with Gasteiger partial charge in [0.05, 0.1) is 19.0 Å². The molecular formula is C23H23ClN2O4. The molecule has 30 heavy (non-hydrogen) atoms. The number of pyridine rings is 1. The van der Waals surface area contributed by atoms with Crippen LogP contribution in [0.4, 0.5) is 4.79 Å². The number of piperidine rings is 1. The summed E-state index contributed by atoms with van der Waals surface area (Å²) in [5.74, 6) is 0.667. The van der Waals surface area contributed by atoms with E-state index in [9.17, 15) is 9.59 Å². The molecule has 2 heterocycles. The van der Waals surface area contributed by atoms with E-state index in [0.29, 0.717) is 35.8 Å². The lowest BCUT2D eigenvalue weighted by atomic mass is 10.1. The number of halogens is 1. The van der Waals surface area contributed by atoms with Crippen LogP contribution in [0.2, 0.25) is 5.02 Å². The maximum absolute atomic E-state index is 13.0. The van der Waals surface area contributed by atoms with Crippen LogP contribution in [0.25, 0.3) is 10.8 Å². The van der Waals surface area contributed by atoms with Gasteiger partial charge in [-0.15, -0.1) is 0 Å². The Morgan fingerprint density at radius 1 is 1.10 bits per heavy atom. The molecule has 0 aliphatic carbocycles. The normalized spacial score (nSPS) is 14.7. The van der Waals surface area contributed by atoms with Crippen LogP contribution < -0.4 is 10.3 Å². The van der Waals surface area contributed by atoms with E-state index in [1.807, 2.05) is 54.7 Å². The number of hydrogen-bond acceptors (Lipinski definition) is 4. The lowest BCUT2D eigenvalue weighted by molar-refractivity contribution is 0.0791. The summed E-state index contributed by atoms with van der Waals surface area (Å²) in [6, 6.07) is 15.0. The number of aromatic nitrogens is 1. The number of methoxy groups -OCH3 is 1. The molecule has 0 bridgehead atoms. The number of carbonyl (C=O) groups is 1. The van der Waals surface area contributed by atoms with Crippen molar-refractivity contribution in [1.82, 2.24) is 9.47 Å². The molecule has 1 aliphatic heterocycles.